The lowest BCUT2D eigenvalue weighted by atomic mass is 10.0. The van der Waals surface area contributed by atoms with E-state index in [0.29, 0.717) is 21.1 Å². The number of fused-ring (bicyclic) bond motifs is 1. The molecule has 1 aromatic rings. The van der Waals surface area contributed by atoms with Gasteiger partial charge in [-0.3, -0.25) is 4.79 Å². The molecule has 1 aliphatic rings. The summed E-state index contributed by atoms with van der Waals surface area (Å²) in [7, 11) is 0. The molecular formula is C14H16O4S4. The van der Waals surface area contributed by atoms with E-state index in [1.165, 1.54) is 47.0 Å². The highest BCUT2D eigenvalue weighted by Crippen LogP contribution is 2.49. The van der Waals surface area contributed by atoms with Crippen molar-refractivity contribution in [3.05, 3.63) is 17.2 Å². The third-order valence-corrected chi connectivity index (χ3v) is 7.99. The van der Waals surface area contributed by atoms with Gasteiger partial charge in [-0.25, -0.2) is 4.79 Å². The maximum Gasteiger partial charge on any atom is 0.336 e. The lowest BCUT2D eigenvalue weighted by Crippen LogP contribution is -2.42. The summed E-state index contributed by atoms with van der Waals surface area (Å²) >= 11 is 5.54. The Morgan fingerprint density at radius 2 is 1.86 bits per heavy atom. The molecule has 0 amide bonds. The summed E-state index contributed by atoms with van der Waals surface area (Å²) in [5.74, 6) is -0.568. The minimum Gasteiger partial charge on any atom is -0.489 e. The number of ether oxygens (including phenoxy) is 1. The van der Waals surface area contributed by atoms with E-state index in [4.69, 9.17) is 4.74 Å². The van der Waals surface area contributed by atoms with Gasteiger partial charge in [-0.2, -0.15) is 0 Å². The maximum atomic E-state index is 13.1. The van der Waals surface area contributed by atoms with Gasteiger partial charge in [0.1, 0.15) is 12.4 Å². The van der Waals surface area contributed by atoms with E-state index in [2.05, 4.69) is 0 Å². The SMILES string of the molecule is CSc1cc(C(=O)O)c(SC)c2c1OCC(SC)(SC)C2=O. The van der Waals surface area contributed by atoms with Crippen LogP contribution in [0.3, 0.4) is 0 Å². The van der Waals surface area contributed by atoms with E-state index in [-0.39, 0.29) is 18.0 Å². The summed E-state index contributed by atoms with van der Waals surface area (Å²) in [5.41, 5.74) is 0.567. The normalized spacial score (nSPS) is 16.1. The number of hydrogen-bond donors (Lipinski definition) is 1. The lowest BCUT2D eigenvalue weighted by Gasteiger charge is -2.35. The van der Waals surface area contributed by atoms with Crippen LogP contribution in [0.4, 0.5) is 0 Å². The Morgan fingerprint density at radius 3 is 2.32 bits per heavy atom. The molecule has 0 bridgehead atoms. The predicted molar refractivity (Wildman–Crippen MR) is 96.5 cm³/mol. The van der Waals surface area contributed by atoms with E-state index in [0.717, 1.165) is 0 Å². The van der Waals surface area contributed by atoms with Crippen molar-refractivity contribution in [1.82, 2.24) is 0 Å². The summed E-state index contributed by atoms with van der Waals surface area (Å²) in [6.07, 6.45) is 7.37. The van der Waals surface area contributed by atoms with Crippen molar-refractivity contribution < 1.29 is 19.4 Å². The second-order valence-electron chi connectivity index (χ2n) is 4.45. The smallest absolute Gasteiger partial charge is 0.336 e. The van der Waals surface area contributed by atoms with Gasteiger partial charge in [0, 0.05) is 4.90 Å². The average molecular weight is 377 g/mol. The van der Waals surface area contributed by atoms with Crippen LogP contribution >= 0.6 is 47.0 Å². The monoisotopic (exact) mass is 376 g/mol. The van der Waals surface area contributed by atoms with Crippen molar-refractivity contribution in [3.8, 4) is 5.75 Å². The number of ketones is 1. The van der Waals surface area contributed by atoms with Crippen LogP contribution in [0.25, 0.3) is 0 Å². The van der Waals surface area contributed by atoms with Gasteiger partial charge in [-0.05, 0) is 31.1 Å². The molecule has 8 heteroatoms. The number of thioether (sulfide) groups is 4. The molecule has 0 fully saturated rings. The van der Waals surface area contributed by atoms with Crippen LogP contribution in [-0.4, -0.2) is 52.6 Å². The van der Waals surface area contributed by atoms with Crippen molar-refractivity contribution >= 4 is 58.8 Å². The van der Waals surface area contributed by atoms with E-state index in [1.807, 2.05) is 18.8 Å². The molecule has 0 aliphatic carbocycles. The first-order valence-electron chi connectivity index (χ1n) is 6.26. The highest BCUT2D eigenvalue weighted by atomic mass is 32.2. The number of carbonyl (C=O) groups excluding carboxylic acids is 1. The topological polar surface area (TPSA) is 63.6 Å². The molecule has 0 unspecified atom stereocenters. The molecule has 4 nitrogen and oxygen atoms in total. The number of carboxylic acids is 1. The zero-order valence-corrected chi connectivity index (χ0v) is 15.9. The molecule has 1 aliphatic heterocycles. The Morgan fingerprint density at radius 1 is 1.23 bits per heavy atom. The Labute approximate surface area is 146 Å². The van der Waals surface area contributed by atoms with E-state index in [1.54, 1.807) is 12.3 Å². The zero-order chi connectivity index (χ0) is 16.5. The number of carbonyl (C=O) groups is 2. The zero-order valence-electron chi connectivity index (χ0n) is 12.6. The molecule has 1 N–H and O–H groups in total. The van der Waals surface area contributed by atoms with Crippen molar-refractivity contribution in [2.24, 2.45) is 0 Å². The molecule has 1 aromatic carbocycles. The van der Waals surface area contributed by atoms with Crippen LogP contribution in [-0.2, 0) is 0 Å². The second-order valence-corrected chi connectivity index (χ2v) is 8.58. The third kappa shape index (κ3) is 2.74. The van der Waals surface area contributed by atoms with Gasteiger partial charge in [0.15, 0.2) is 9.86 Å². The number of hydrogen-bond acceptors (Lipinski definition) is 7. The molecule has 0 aromatic heterocycles. The molecule has 0 spiro atoms. The van der Waals surface area contributed by atoms with Gasteiger partial charge < -0.3 is 9.84 Å². The van der Waals surface area contributed by atoms with Gasteiger partial charge in [-0.15, -0.1) is 47.0 Å². The van der Waals surface area contributed by atoms with Crippen molar-refractivity contribution in [2.75, 3.05) is 31.6 Å². The molecule has 1 heterocycles. The summed E-state index contributed by atoms with van der Waals surface area (Å²) < 4.78 is 5.18. The van der Waals surface area contributed by atoms with Gasteiger partial charge in [0.25, 0.3) is 0 Å². The standard InChI is InChI=1S/C14H16O4S4/c1-19-8-5-7(13(16)17)11(20-2)9-10(8)18-6-14(21-3,22-4)12(9)15/h5H,6H2,1-4H3,(H,16,17). The fourth-order valence-corrected chi connectivity index (χ4v) is 5.24. The minimum atomic E-state index is -1.03. The maximum absolute atomic E-state index is 13.1. The number of Topliss-reactive ketones (excluding diaryl/α,β-unsaturated/α-hetero) is 1. The van der Waals surface area contributed by atoms with Crippen LogP contribution in [0.2, 0.25) is 0 Å². The first-order chi connectivity index (χ1) is 10.5. The number of carboxylic acid groups (broad SMARTS) is 1. The van der Waals surface area contributed by atoms with Gasteiger partial charge in [0.2, 0.25) is 0 Å². The van der Waals surface area contributed by atoms with E-state index >= 15 is 0 Å². The van der Waals surface area contributed by atoms with Crippen LogP contribution in [0.5, 0.6) is 5.75 Å². The van der Waals surface area contributed by atoms with Gasteiger partial charge >= 0.3 is 5.97 Å². The number of benzene rings is 1. The van der Waals surface area contributed by atoms with Crippen LogP contribution in [0.1, 0.15) is 20.7 Å². The summed E-state index contributed by atoms with van der Waals surface area (Å²) in [6, 6.07) is 1.59. The van der Waals surface area contributed by atoms with Crippen molar-refractivity contribution in [2.45, 2.75) is 13.9 Å². The molecule has 120 valence electrons. The summed E-state index contributed by atoms with van der Waals surface area (Å²) in [6.45, 7) is 0.287. The highest BCUT2D eigenvalue weighted by Gasteiger charge is 2.46. The molecule has 0 saturated heterocycles. The molecular weight excluding hydrogens is 360 g/mol. The van der Waals surface area contributed by atoms with E-state index in [9.17, 15) is 14.7 Å². The Balaban J connectivity index is 2.78. The lowest BCUT2D eigenvalue weighted by molar-refractivity contribution is 0.0692. The van der Waals surface area contributed by atoms with E-state index < -0.39 is 10.0 Å². The Bertz CT molecular complexity index is 626. The third-order valence-electron chi connectivity index (χ3n) is 3.49. The predicted octanol–water partition coefficient (Wildman–Crippen LogP) is 3.83. The molecule has 22 heavy (non-hydrogen) atoms. The number of aromatic carboxylic acids is 1. The molecule has 0 radical (unpaired) electrons. The van der Waals surface area contributed by atoms with Crippen molar-refractivity contribution in [3.63, 3.8) is 0 Å². The quantitative estimate of drug-likeness (QED) is 0.614. The Kier molecular flexibility index (Phi) is 5.68. The second kappa shape index (κ2) is 6.98. The van der Waals surface area contributed by atoms with Crippen LogP contribution in [0.15, 0.2) is 15.9 Å². The first-order valence-corrected chi connectivity index (χ1v) is 11.2. The molecule has 0 atom stereocenters. The largest absolute Gasteiger partial charge is 0.489 e. The molecule has 2 rings (SSSR count). The van der Waals surface area contributed by atoms with Gasteiger partial charge in [0.05, 0.1) is 16.0 Å². The van der Waals surface area contributed by atoms with Gasteiger partial charge in [-0.1, -0.05) is 0 Å². The summed E-state index contributed by atoms with van der Waals surface area (Å²) in [5, 5.41) is 9.46. The van der Waals surface area contributed by atoms with Crippen LogP contribution in [0, 0.1) is 0 Å². The van der Waals surface area contributed by atoms with Crippen LogP contribution < -0.4 is 4.74 Å². The minimum absolute atomic E-state index is 0.0588. The highest BCUT2D eigenvalue weighted by molar-refractivity contribution is 8.18. The van der Waals surface area contributed by atoms with Crippen molar-refractivity contribution in [1.29, 1.82) is 0 Å². The first kappa shape index (κ1) is 17.9. The molecule has 0 saturated carbocycles. The Hall–Kier alpha value is -0.440. The summed E-state index contributed by atoms with van der Waals surface area (Å²) in [4.78, 5) is 25.8. The fourth-order valence-electron chi connectivity index (χ4n) is 2.30. The average Bonchev–Trinajstić information content (AvgIpc) is 2.54. The fraction of sp³-hybridized carbons (Fsp3) is 0.429. The number of rotatable bonds is 5.